The number of allylic oxidation sites excluding steroid dienone is 2. The Morgan fingerprint density at radius 2 is 1.70 bits per heavy atom. The first-order valence-electron chi connectivity index (χ1n) is 13.3. The molecule has 4 rings (SSSR count). The van der Waals surface area contributed by atoms with Crippen molar-refractivity contribution in [3.8, 4) is 0 Å². The molecule has 0 saturated heterocycles. The number of rotatable bonds is 5. The molecule has 0 radical (unpaired) electrons. The van der Waals surface area contributed by atoms with E-state index in [4.69, 9.17) is 0 Å². The molecule has 0 N–H and O–H groups in total. The number of Topliss-reactive ketones (excluding diaryl/α,β-unsaturated/α-hetero) is 1. The number of carbonyl (C=O) groups excluding carboxylic acids is 1. The predicted molar refractivity (Wildman–Crippen MR) is 127 cm³/mol. The highest BCUT2D eigenvalue weighted by atomic mass is 16.1. The van der Waals surface area contributed by atoms with Gasteiger partial charge in [-0.3, -0.25) is 4.79 Å². The fourth-order valence-electron chi connectivity index (χ4n) is 9.24. The molecule has 1 heteroatoms. The van der Waals surface area contributed by atoms with E-state index in [9.17, 15) is 4.79 Å². The van der Waals surface area contributed by atoms with Crippen LogP contribution in [0.5, 0.6) is 0 Å². The Hall–Kier alpha value is -0.590. The van der Waals surface area contributed by atoms with Crippen molar-refractivity contribution in [2.45, 2.75) is 113 Å². The van der Waals surface area contributed by atoms with Gasteiger partial charge in [0.05, 0.1) is 0 Å². The van der Waals surface area contributed by atoms with Crippen LogP contribution in [0, 0.1) is 51.8 Å². The Bertz CT molecular complexity index is 699. The van der Waals surface area contributed by atoms with Crippen LogP contribution in [-0.4, -0.2) is 5.78 Å². The molecule has 0 aromatic rings. The zero-order chi connectivity index (χ0) is 21.9. The maximum absolute atomic E-state index is 12.7. The largest absolute Gasteiger partial charge is 0.299 e. The van der Waals surface area contributed by atoms with Gasteiger partial charge in [0.2, 0.25) is 0 Å². The molecule has 0 heterocycles. The Morgan fingerprint density at radius 3 is 2.40 bits per heavy atom. The van der Waals surface area contributed by atoms with E-state index < -0.39 is 0 Å². The predicted octanol–water partition coefficient (Wildman–Crippen LogP) is 8.23. The van der Waals surface area contributed by atoms with Crippen molar-refractivity contribution >= 4 is 5.78 Å². The van der Waals surface area contributed by atoms with Gasteiger partial charge < -0.3 is 0 Å². The summed E-state index contributed by atoms with van der Waals surface area (Å²) in [5.41, 5.74) is 2.10. The van der Waals surface area contributed by atoms with Gasteiger partial charge in [0.1, 0.15) is 5.78 Å². The quantitative estimate of drug-likeness (QED) is 0.415. The number of carbonyl (C=O) groups is 1. The lowest BCUT2D eigenvalue weighted by molar-refractivity contribution is -0.132. The Balaban J connectivity index is 1.54. The van der Waals surface area contributed by atoms with Crippen LogP contribution in [0.25, 0.3) is 0 Å². The SMILES string of the molecule is CC(C)CCC[C@H](C)[C@@H]1CC[C@@H]2[C@H]3CC=C4C(C)(C)C(=O)CC[C@]4(C)[C@@H]3CC[C@]21C. The van der Waals surface area contributed by atoms with Gasteiger partial charge in [-0.2, -0.15) is 0 Å². The van der Waals surface area contributed by atoms with Crippen LogP contribution >= 0.6 is 0 Å². The van der Waals surface area contributed by atoms with E-state index in [1.54, 1.807) is 0 Å². The molecule has 0 unspecified atom stereocenters. The van der Waals surface area contributed by atoms with Gasteiger partial charge in [0, 0.05) is 11.8 Å². The van der Waals surface area contributed by atoms with Gasteiger partial charge in [0.15, 0.2) is 0 Å². The highest BCUT2D eigenvalue weighted by molar-refractivity contribution is 5.89. The maximum Gasteiger partial charge on any atom is 0.142 e. The third kappa shape index (κ3) is 3.36. The average molecular weight is 413 g/mol. The second kappa shape index (κ2) is 7.77. The maximum atomic E-state index is 12.7. The minimum absolute atomic E-state index is 0.234. The second-order valence-electron chi connectivity index (χ2n) is 13.2. The van der Waals surface area contributed by atoms with Crippen LogP contribution in [0.4, 0.5) is 0 Å². The summed E-state index contributed by atoms with van der Waals surface area (Å²) in [5.74, 6) is 5.69. The first kappa shape index (κ1) is 22.6. The van der Waals surface area contributed by atoms with Crippen molar-refractivity contribution in [1.82, 2.24) is 0 Å². The lowest BCUT2D eigenvalue weighted by Crippen LogP contribution is -2.53. The summed E-state index contributed by atoms with van der Waals surface area (Å²) in [5, 5.41) is 0. The molecule has 4 aliphatic rings. The van der Waals surface area contributed by atoms with Crippen LogP contribution in [0.2, 0.25) is 0 Å². The van der Waals surface area contributed by atoms with Crippen molar-refractivity contribution in [3.63, 3.8) is 0 Å². The van der Waals surface area contributed by atoms with E-state index in [1.165, 1.54) is 56.9 Å². The summed E-state index contributed by atoms with van der Waals surface area (Å²) in [4.78, 5) is 12.7. The van der Waals surface area contributed by atoms with E-state index >= 15 is 0 Å². The van der Waals surface area contributed by atoms with E-state index in [0.717, 1.165) is 48.3 Å². The summed E-state index contributed by atoms with van der Waals surface area (Å²) in [6, 6.07) is 0. The summed E-state index contributed by atoms with van der Waals surface area (Å²) in [6.07, 6.45) is 15.7. The summed E-state index contributed by atoms with van der Waals surface area (Å²) < 4.78 is 0. The molecule has 3 fully saturated rings. The van der Waals surface area contributed by atoms with Gasteiger partial charge in [-0.15, -0.1) is 0 Å². The molecule has 0 aromatic heterocycles. The standard InChI is InChI=1S/C29H48O/c1-19(2)9-8-10-20(3)22-12-13-23-21-11-14-25-27(4,5)26(30)16-18-29(25,7)24(21)15-17-28(22,23)6/h14,19-24H,8-13,15-18H2,1-7H3/t20-,21+,22-,23+,24+,28-,29+/m0/s1. The topological polar surface area (TPSA) is 17.1 Å². The van der Waals surface area contributed by atoms with Crippen molar-refractivity contribution in [1.29, 1.82) is 0 Å². The molecule has 170 valence electrons. The second-order valence-corrected chi connectivity index (χ2v) is 13.2. The molecule has 7 atom stereocenters. The highest BCUT2D eigenvalue weighted by Gasteiger charge is 2.61. The summed E-state index contributed by atoms with van der Waals surface area (Å²) in [6.45, 7) is 16.9. The molecule has 0 bridgehead atoms. The normalized spacial score (nSPS) is 43.6. The Labute approximate surface area is 186 Å². The lowest BCUT2D eigenvalue weighted by atomic mass is 9.44. The van der Waals surface area contributed by atoms with Gasteiger partial charge in [-0.05, 0) is 98.7 Å². The molecular formula is C29H48O. The molecule has 0 amide bonds. The van der Waals surface area contributed by atoms with Crippen LogP contribution in [0.1, 0.15) is 113 Å². The zero-order valence-corrected chi connectivity index (χ0v) is 21.0. The number of hydrogen-bond donors (Lipinski definition) is 0. The van der Waals surface area contributed by atoms with Crippen LogP contribution in [-0.2, 0) is 4.79 Å². The van der Waals surface area contributed by atoms with Gasteiger partial charge in [0.25, 0.3) is 0 Å². The molecule has 3 saturated carbocycles. The first-order valence-corrected chi connectivity index (χ1v) is 13.3. The minimum atomic E-state index is -0.234. The monoisotopic (exact) mass is 412 g/mol. The van der Waals surface area contributed by atoms with E-state index in [0.29, 0.717) is 11.2 Å². The molecule has 0 aliphatic heterocycles. The van der Waals surface area contributed by atoms with Crippen molar-refractivity contribution in [2.24, 2.45) is 51.8 Å². The van der Waals surface area contributed by atoms with Gasteiger partial charge in [-0.1, -0.05) is 65.5 Å². The lowest BCUT2D eigenvalue weighted by Gasteiger charge is -2.60. The number of ketones is 1. The van der Waals surface area contributed by atoms with Crippen molar-refractivity contribution < 1.29 is 4.79 Å². The summed E-state index contributed by atoms with van der Waals surface area (Å²) in [7, 11) is 0. The van der Waals surface area contributed by atoms with E-state index in [1.807, 2.05) is 0 Å². The molecule has 4 aliphatic carbocycles. The fraction of sp³-hybridized carbons (Fsp3) is 0.897. The molecule has 1 nitrogen and oxygen atoms in total. The molecular weight excluding hydrogens is 364 g/mol. The zero-order valence-electron chi connectivity index (χ0n) is 21.0. The van der Waals surface area contributed by atoms with Gasteiger partial charge >= 0.3 is 0 Å². The van der Waals surface area contributed by atoms with Crippen molar-refractivity contribution in [2.75, 3.05) is 0 Å². The van der Waals surface area contributed by atoms with Crippen molar-refractivity contribution in [3.05, 3.63) is 11.6 Å². The fourth-order valence-corrected chi connectivity index (χ4v) is 9.24. The minimum Gasteiger partial charge on any atom is -0.299 e. The number of fused-ring (bicyclic) bond motifs is 5. The van der Waals surface area contributed by atoms with Crippen LogP contribution in [0.3, 0.4) is 0 Å². The third-order valence-electron chi connectivity index (χ3n) is 10.9. The third-order valence-corrected chi connectivity index (χ3v) is 10.9. The summed E-state index contributed by atoms with van der Waals surface area (Å²) >= 11 is 0. The highest BCUT2D eigenvalue weighted by Crippen LogP contribution is 2.68. The molecule has 30 heavy (non-hydrogen) atoms. The van der Waals surface area contributed by atoms with E-state index in [2.05, 4.69) is 54.5 Å². The van der Waals surface area contributed by atoms with Crippen LogP contribution < -0.4 is 0 Å². The van der Waals surface area contributed by atoms with Gasteiger partial charge in [-0.25, -0.2) is 0 Å². The van der Waals surface area contributed by atoms with Crippen LogP contribution in [0.15, 0.2) is 11.6 Å². The number of hydrogen-bond acceptors (Lipinski definition) is 1. The Kier molecular flexibility index (Phi) is 5.85. The van der Waals surface area contributed by atoms with E-state index in [-0.39, 0.29) is 10.8 Å². The molecule has 0 aromatic carbocycles. The molecule has 0 spiro atoms. The first-order chi connectivity index (χ1) is 14.0. The smallest absolute Gasteiger partial charge is 0.142 e. The Morgan fingerprint density at radius 1 is 0.967 bits per heavy atom. The average Bonchev–Trinajstić information content (AvgIpc) is 3.02.